The number of benzene rings is 1. The molecule has 0 amide bonds. The maximum atomic E-state index is 12.2. The Kier molecular flexibility index (Phi) is 3.23. The predicted molar refractivity (Wildman–Crippen MR) is 71.6 cm³/mol. The Labute approximate surface area is 111 Å². The van der Waals surface area contributed by atoms with Gasteiger partial charge >= 0.3 is 0 Å². The zero-order valence-corrected chi connectivity index (χ0v) is 11.7. The summed E-state index contributed by atoms with van der Waals surface area (Å²) < 4.78 is 28.2. The molecular weight excluding hydrogens is 266 g/mol. The molecule has 0 fully saturated rings. The quantitative estimate of drug-likeness (QED) is 0.836. The van der Waals surface area contributed by atoms with E-state index in [-0.39, 0.29) is 10.8 Å². The third-order valence-electron chi connectivity index (χ3n) is 2.84. The number of aryl methyl sites for hydroxylation is 3. The SMILES string of the molecule is Cc1cc(NS(=O)(=O)c2ccnn2C)c(C)cc1O. The minimum absolute atomic E-state index is 0.0811. The van der Waals surface area contributed by atoms with Crippen molar-refractivity contribution in [1.82, 2.24) is 9.78 Å². The van der Waals surface area contributed by atoms with Crippen molar-refractivity contribution in [3.05, 3.63) is 35.5 Å². The first-order valence-corrected chi connectivity index (χ1v) is 7.10. The maximum absolute atomic E-state index is 12.2. The lowest BCUT2D eigenvalue weighted by molar-refractivity contribution is 0.471. The van der Waals surface area contributed by atoms with Gasteiger partial charge in [-0.05, 0) is 43.2 Å². The van der Waals surface area contributed by atoms with Gasteiger partial charge in [0, 0.05) is 7.05 Å². The van der Waals surface area contributed by atoms with E-state index < -0.39 is 10.0 Å². The summed E-state index contributed by atoms with van der Waals surface area (Å²) in [7, 11) is -2.12. The van der Waals surface area contributed by atoms with Crippen LogP contribution in [-0.2, 0) is 17.1 Å². The molecule has 2 rings (SSSR count). The highest BCUT2D eigenvalue weighted by molar-refractivity contribution is 7.92. The van der Waals surface area contributed by atoms with Gasteiger partial charge in [-0.2, -0.15) is 13.5 Å². The molecular formula is C12H15N3O3S. The Morgan fingerprint density at radius 2 is 1.95 bits per heavy atom. The Bertz CT molecular complexity index is 720. The molecule has 1 heterocycles. The zero-order chi connectivity index (χ0) is 14.2. The molecule has 0 atom stereocenters. The number of anilines is 1. The van der Waals surface area contributed by atoms with Gasteiger partial charge in [-0.3, -0.25) is 9.40 Å². The third kappa shape index (κ3) is 2.55. The van der Waals surface area contributed by atoms with Gasteiger partial charge in [-0.15, -0.1) is 0 Å². The second kappa shape index (κ2) is 4.58. The molecule has 6 nitrogen and oxygen atoms in total. The fourth-order valence-electron chi connectivity index (χ4n) is 1.73. The lowest BCUT2D eigenvalue weighted by Crippen LogP contribution is -2.17. The largest absolute Gasteiger partial charge is 0.508 e. The van der Waals surface area contributed by atoms with Crippen LogP contribution in [0, 0.1) is 13.8 Å². The van der Waals surface area contributed by atoms with Crippen LogP contribution in [0.15, 0.2) is 29.4 Å². The van der Waals surface area contributed by atoms with Gasteiger partial charge < -0.3 is 5.11 Å². The summed E-state index contributed by atoms with van der Waals surface area (Å²) in [5.41, 5.74) is 1.69. The van der Waals surface area contributed by atoms with Crippen LogP contribution in [0.1, 0.15) is 11.1 Å². The highest BCUT2D eigenvalue weighted by Crippen LogP contribution is 2.26. The van der Waals surface area contributed by atoms with Crippen LogP contribution >= 0.6 is 0 Å². The van der Waals surface area contributed by atoms with E-state index in [9.17, 15) is 13.5 Å². The van der Waals surface area contributed by atoms with Crippen molar-refractivity contribution in [2.45, 2.75) is 18.9 Å². The molecule has 1 aromatic heterocycles. The second-order valence-corrected chi connectivity index (χ2v) is 5.98. The Balaban J connectivity index is 2.42. The van der Waals surface area contributed by atoms with Gasteiger partial charge in [0.2, 0.25) is 0 Å². The summed E-state index contributed by atoms with van der Waals surface area (Å²) >= 11 is 0. The molecule has 102 valence electrons. The van der Waals surface area contributed by atoms with Crippen molar-refractivity contribution in [2.24, 2.45) is 7.05 Å². The van der Waals surface area contributed by atoms with E-state index >= 15 is 0 Å². The average molecular weight is 281 g/mol. The first-order chi connectivity index (χ1) is 8.81. The standard InChI is InChI=1S/C12H15N3O3S/c1-8-7-11(16)9(2)6-10(8)14-19(17,18)12-4-5-13-15(12)3/h4-7,14,16H,1-3H3. The normalized spacial score (nSPS) is 11.5. The molecule has 0 aliphatic rings. The summed E-state index contributed by atoms with van der Waals surface area (Å²) in [4.78, 5) is 0. The van der Waals surface area contributed by atoms with E-state index in [1.807, 2.05) is 0 Å². The van der Waals surface area contributed by atoms with Crippen molar-refractivity contribution >= 4 is 15.7 Å². The molecule has 2 N–H and O–H groups in total. The van der Waals surface area contributed by atoms with Crippen LogP contribution in [0.25, 0.3) is 0 Å². The van der Waals surface area contributed by atoms with Crippen molar-refractivity contribution in [2.75, 3.05) is 4.72 Å². The first-order valence-electron chi connectivity index (χ1n) is 5.62. The van der Waals surface area contributed by atoms with Crippen molar-refractivity contribution in [3.8, 4) is 5.75 Å². The summed E-state index contributed by atoms with van der Waals surface area (Å²) in [5, 5.41) is 13.5. The molecule has 0 aliphatic carbocycles. The van der Waals surface area contributed by atoms with Crippen LogP contribution in [0.3, 0.4) is 0 Å². The van der Waals surface area contributed by atoms with Crippen LogP contribution in [0.4, 0.5) is 5.69 Å². The predicted octanol–water partition coefficient (Wildman–Crippen LogP) is 1.54. The molecule has 7 heteroatoms. The molecule has 19 heavy (non-hydrogen) atoms. The molecule has 0 saturated heterocycles. The number of hydrogen-bond donors (Lipinski definition) is 2. The molecule has 0 saturated carbocycles. The molecule has 0 spiro atoms. The van der Waals surface area contributed by atoms with E-state index in [2.05, 4.69) is 9.82 Å². The van der Waals surface area contributed by atoms with Crippen LogP contribution in [-0.4, -0.2) is 23.3 Å². The number of aromatic nitrogens is 2. The fraction of sp³-hybridized carbons (Fsp3) is 0.250. The van der Waals surface area contributed by atoms with Crippen LogP contribution < -0.4 is 4.72 Å². The zero-order valence-electron chi connectivity index (χ0n) is 10.9. The molecule has 0 radical (unpaired) electrons. The van der Waals surface area contributed by atoms with Crippen molar-refractivity contribution < 1.29 is 13.5 Å². The van der Waals surface area contributed by atoms with E-state index in [4.69, 9.17) is 0 Å². The number of rotatable bonds is 3. The van der Waals surface area contributed by atoms with E-state index in [0.717, 1.165) is 0 Å². The molecule has 2 aromatic rings. The minimum Gasteiger partial charge on any atom is -0.508 e. The van der Waals surface area contributed by atoms with E-state index in [0.29, 0.717) is 16.8 Å². The molecule has 0 unspecified atom stereocenters. The van der Waals surface area contributed by atoms with Gasteiger partial charge in [0.05, 0.1) is 11.9 Å². The molecule has 1 aromatic carbocycles. The van der Waals surface area contributed by atoms with Crippen LogP contribution in [0.5, 0.6) is 5.75 Å². The van der Waals surface area contributed by atoms with E-state index in [1.54, 1.807) is 27.0 Å². The number of aromatic hydroxyl groups is 1. The number of nitrogens with zero attached hydrogens (tertiary/aromatic N) is 2. The highest BCUT2D eigenvalue weighted by Gasteiger charge is 2.19. The Morgan fingerprint density at radius 1 is 1.26 bits per heavy atom. The Hall–Kier alpha value is -2.02. The number of hydrogen-bond acceptors (Lipinski definition) is 4. The minimum atomic E-state index is -3.68. The monoisotopic (exact) mass is 281 g/mol. The summed E-state index contributed by atoms with van der Waals surface area (Å²) in [5.74, 6) is 0.140. The first kappa shape index (κ1) is 13.4. The van der Waals surface area contributed by atoms with Crippen molar-refractivity contribution in [1.29, 1.82) is 0 Å². The number of sulfonamides is 1. The van der Waals surface area contributed by atoms with E-state index in [1.165, 1.54) is 23.0 Å². The van der Waals surface area contributed by atoms with Gasteiger partial charge in [-0.25, -0.2) is 0 Å². The van der Waals surface area contributed by atoms with Gasteiger partial charge in [0.15, 0.2) is 5.03 Å². The molecule has 0 bridgehead atoms. The highest BCUT2D eigenvalue weighted by atomic mass is 32.2. The Morgan fingerprint density at radius 3 is 2.53 bits per heavy atom. The second-order valence-electron chi connectivity index (χ2n) is 4.35. The maximum Gasteiger partial charge on any atom is 0.279 e. The number of nitrogens with one attached hydrogen (secondary N) is 1. The summed E-state index contributed by atoms with van der Waals surface area (Å²) in [6.45, 7) is 3.43. The number of phenolic OH excluding ortho intramolecular Hbond substituents is 1. The lowest BCUT2D eigenvalue weighted by atomic mass is 10.1. The van der Waals surface area contributed by atoms with Crippen LogP contribution in [0.2, 0.25) is 0 Å². The fourth-order valence-corrected chi connectivity index (χ4v) is 2.98. The lowest BCUT2D eigenvalue weighted by Gasteiger charge is -2.12. The average Bonchev–Trinajstić information content (AvgIpc) is 2.73. The molecule has 0 aliphatic heterocycles. The van der Waals surface area contributed by atoms with Crippen molar-refractivity contribution in [3.63, 3.8) is 0 Å². The van der Waals surface area contributed by atoms with Gasteiger partial charge in [0.1, 0.15) is 5.75 Å². The smallest absolute Gasteiger partial charge is 0.279 e. The topological polar surface area (TPSA) is 84.2 Å². The van der Waals surface area contributed by atoms with Gasteiger partial charge in [0.25, 0.3) is 10.0 Å². The summed E-state index contributed by atoms with van der Waals surface area (Å²) in [6, 6.07) is 4.54. The third-order valence-corrected chi connectivity index (χ3v) is 4.28. The number of phenols is 1. The summed E-state index contributed by atoms with van der Waals surface area (Å²) in [6.07, 6.45) is 1.42. The van der Waals surface area contributed by atoms with Gasteiger partial charge in [-0.1, -0.05) is 0 Å².